The fourth-order valence-electron chi connectivity index (χ4n) is 1.08. The quantitative estimate of drug-likeness (QED) is 0.767. The van der Waals surface area contributed by atoms with Gasteiger partial charge in [0.2, 0.25) is 0 Å². The van der Waals surface area contributed by atoms with E-state index in [-0.39, 0.29) is 0 Å². The molecule has 0 aliphatic heterocycles. The molecule has 1 N–H and O–H groups in total. The summed E-state index contributed by atoms with van der Waals surface area (Å²) in [4.78, 5) is 6.34. The first-order valence-electron chi connectivity index (χ1n) is 4.69. The van der Waals surface area contributed by atoms with Crippen LogP contribution in [0.3, 0.4) is 0 Å². The van der Waals surface area contributed by atoms with Crippen LogP contribution in [-0.2, 0) is 0 Å². The normalized spacial score (nSPS) is 10.2. The van der Waals surface area contributed by atoms with Crippen LogP contribution < -0.4 is 5.32 Å². The molecule has 1 aromatic rings. The number of hydrogen-bond acceptors (Lipinski definition) is 3. The molecule has 0 saturated carbocycles. The largest absolute Gasteiger partial charge is 0.369 e. The molecule has 0 fully saturated rings. The molecule has 3 nitrogen and oxygen atoms in total. The van der Waals surface area contributed by atoms with E-state index < -0.39 is 0 Å². The predicted molar refractivity (Wildman–Crippen MR) is 61.4 cm³/mol. The Labute approximate surface area is 85.5 Å². The summed E-state index contributed by atoms with van der Waals surface area (Å²) >= 11 is 0. The highest BCUT2D eigenvalue weighted by molar-refractivity contribution is 5.52. The summed E-state index contributed by atoms with van der Waals surface area (Å²) in [6.45, 7) is 5.62. The number of nitrogens with zero attached hydrogens (tertiary/aromatic N) is 2. The summed E-state index contributed by atoms with van der Waals surface area (Å²) < 4.78 is 0. The zero-order valence-corrected chi connectivity index (χ0v) is 8.83. The fraction of sp³-hybridized carbons (Fsp3) is 0.364. The lowest BCUT2D eigenvalue weighted by Crippen LogP contribution is -2.21. The third-order valence-electron chi connectivity index (χ3n) is 1.88. The standard InChI is InChI=1S/C11H17N3/c1-4-10-5-6-12-11(9-10)13-7-8-14(2)3/h4-6,9H,1,7-8H2,2-3H3,(H,12,13). The van der Waals surface area contributed by atoms with Crippen molar-refractivity contribution >= 4 is 11.9 Å². The molecule has 3 heteroatoms. The first kappa shape index (κ1) is 10.7. The molecule has 0 amide bonds. The van der Waals surface area contributed by atoms with Gasteiger partial charge in [-0.15, -0.1) is 0 Å². The van der Waals surface area contributed by atoms with Crippen LogP contribution in [-0.4, -0.2) is 37.1 Å². The Morgan fingerprint density at radius 1 is 1.57 bits per heavy atom. The maximum atomic E-state index is 4.21. The van der Waals surface area contributed by atoms with Crippen LogP contribution in [0, 0.1) is 0 Å². The Balaban J connectivity index is 2.46. The number of hydrogen-bond donors (Lipinski definition) is 1. The monoisotopic (exact) mass is 191 g/mol. The highest BCUT2D eigenvalue weighted by Crippen LogP contribution is 2.06. The Morgan fingerprint density at radius 2 is 2.36 bits per heavy atom. The van der Waals surface area contributed by atoms with E-state index in [1.807, 2.05) is 18.2 Å². The average Bonchev–Trinajstić information content (AvgIpc) is 2.18. The molecule has 76 valence electrons. The molecule has 0 aromatic carbocycles. The van der Waals surface area contributed by atoms with E-state index >= 15 is 0 Å². The topological polar surface area (TPSA) is 28.2 Å². The second-order valence-corrected chi connectivity index (χ2v) is 3.41. The van der Waals surface area contributed by atoms with E-state index in [0.29, 0.717) is 0 Å². The average molecular weight is 191 g/mol. The number of nitrogens with one attached hydrogen (secondary N) is 1. The molecule has 1 aromatic heterocycles. The molecule has 0 spiro atoms. The predicted octanol–water partition coefficient (Wildman–Crippen LogP) is 1.70. The lowest BCUT2D eigenvalue weighted by atomic mass is 10.2. The lowest BCUT2D eigenvalue weighted by molar-refractivity contribution is 0.425. The molecule has 0 saturated heterocycles. The minimum absolute atomic E-state index is 0.903. The van der Waals surface area contributed by atoms with E-state index in [9.17, 15) is 0 Å². The second kappa shape index (κ2) is 5.40. The minimum atomic E-state index is 0.903. The van der Waals surface area contributed by atoms with Crippen molar-refractivity contribution in [2.75, 3.05) is 32.5 Å². The van der Waals surface area contributed by atoms with Gasteiger partial charge >= 0.3 is 0 Å². The Bertz CT molecular complexity index is 294. The molecule has 0 radical (unpaired) electrons. The number of rotatable bonds is 5. The number of pyridine rings is 1. The zero-order chi connectivity index (χ0) is 10.4. The van der Waals surface area contributed by atoms with E-state index in [2.05, 4.69) is 35.9 Å². The number of aromatic nitrogens is 1. The van der Waals surface area contributed by atoms with Crippen LogP contribution in [0.1, 0.15) is 5.56 Å². The summed E-state index contributed by atoms with van der Waals surface area (Å²) in [5.74, 6) is 0.907. The second-order valence-electron chi connectivity index (χ2n) is 3.41. The molecular weight excluding hydrogens is 174 g/mol. The van der Waals surface area contributed by atoms with Crippen LogP contribution in [0.25, 0.3) is 6.08 Å². The van der Waals surface area contributed by atoms with Gasteiger partial charge in [-0.3, -0.25) is 0 Å². The number of likely N-dealkylation sites (N-methyl/N-ethyl adjacent to an activating group) is 1. The van der Waals surface area contributed by atoms with Gasteiger partial charge in [0.25, 0.3) is 0 Å². The van der Waals surface area contributed by atoms with E-state index in [4.69, 9.17) is 0 Å². The van der Waals surface area contributed by atoms with E-state index in [1.165, 1.54) is 0 Å². The van der Waals surface area contributed by atoms with Crippen LogP contribution >= 0.6 is 0 Å². The van der Waals surface area contributed by atoms with Crippen LogP contribution in [0.4, 0.5) is 5.82 Å². The summed E-state index contributed by atoms with van der Waals surface area (Å²) in [5.41, 5.74) is 1.09. The maximum absolute atomic E-state index is 4.21. The summed E-state index contributed by atoms with van der Waals surface area (Å²) in [6, 6.07) is 3.92. The van der Waals surface area contributed by atoms with Crippen molar-refractivity contribution in [1.82, 2.24) is 9.88 Å². The van der Waals surface area contributed by atoms with Crippen LogP contribution in [0.2, 0.25) is 0 Å². The van der Waals surface area contributed by atoms with Crippen LogP contribution in [0.5, 0.6) is 0 Å². The van der Waals surface area contributed by atoms with Gasteiger partial charge in [0.1, 0.15) is 5.82 Å². The van der Waals surface area contributed by atoms with E-state index in [1.54, 1.807) is 6.20 Å². The molecule has 0 unspecified atom stereocenters. The Morgan fingerprint density at radius 3 is 3.00 bits per heavy atom. The van der Waals surface area contributed by atoms with Gasteiger partial charge in [0, 0.05) is 19.3 Å². The molecule has 0 aliphatic rings. The maximum Gasteiger partial charge on any atom is 0.126 e. The first-order chi connectivity index (χ1) is 6.72. The summed E-state index contributed by atoms with van der Waals surface area (Å²) in [6.07, 6.45) is 3.60. The van der Waals surface area contributed by atoms with Gasteiger partial charge in [-0.1, -0.05) is 12.7 Å². The smallest absolute Gasteiger partial charge is 0.126 e. The van der Waals surface area contributed by atoms with Crippen molar-refractivity contribution in [3.05, 3.63) is 30.5 Å². The van der Waals surface area contributed by atoms with Crippen molar-refractivity contribution in [2.24, 2.45) is 0 Å². The van der Waals surface area contributed by atoms with Gasteiger partial charge < -0.3 is 10.2 Å². The molecule has 1 heterocycles. The van der Waals surface area contributed by atoms with Crippen molar-refractivity contribution < 1.29 is 0 Å². The molecule has 0 bridgehead atoms. The van der Waals surface area contributed by atoms with Crippen molar-refractivity contribution in [2.45, 2.75) is 0 Å². The van der Waals surface area contributed by atoms with E-state index in [0.717, 1.165) is 24.5 Å². The summed E-state index contributed by atoms with van der Waals surface area (Å²) in [5, 5.41) is 3.25. The molecule has 1 rings (SSSR count). The van der Waals surface area contributed by atoms with Crippen molar-refractivity contribution in [3.8, 4) is 0 Å². The van der Waals surface area contributed by atoms with Gasteiger partial charge in [-0.05, 0) is 31.8 Å². The first-order valence-corrected chi connectivity index (χ1v) is 4.69. The SMILES string of the molecule is C=Cc1ccnc(NCCN(C)C)c1. The Kier molecular flexibility index (Phi) is 4.13. The zero-order valence-electron chi connectivity index (χ0n) is 8.83. The third kappa shape index (κ3) is 3.58. The molecule has 0 atom stereocenters. The van der Waals surface area contributed by atoms with Crippen LogP contribution in [0.15, 0.2) is 24.9 Å². The van der Waals surface area contributed by atoms with Gasteiger partial charge in [0.05, 0.1) is 0 Å². The molecule has 14 heavy (non-hydrogen) atoms. The number of anilines is 1. The van der Waals surface area contributed by atoms with Gasteiger partial charge in [0.15, 0.2) is 0 Å². The lowest BCUT2D eigenvalue weighted by Gasteiger charge is -2.10. The van der Waals surface area contributed by atoms with Crippen molar-refractivity contribution in [3.63, 3.8) is 0 Å². The van der Waals surface area contributed by atoms with Crippen molar-refractivity contribution in [1.29, 1.82) is 0 Å². The molecular formula is C11H17N3. The highest BCUT2D eigenvalue weighted by Gasteiger charge is 1.94. The fourth-order valence-corrected chi connectivity index (χ4v) is 1.08. The highest BCUT2D eigenvalue weighted by atomic mass is 15.1. The summed E-state index contributed by atoms with van der Waals surface area (Å²) in [7, 11) is 4.10. The Hall–Kier alpha value is -1.35. The molecule has 0 aliphatic carbocycles. The third-order valence-corrected chi connectivity index (χ3v) is 1.88. The minimum Gasteiger partial charge on any atom is -0.369 e. The van der Waals surface area contributed by atoms with Gasteiger partial charge in [-0.2, -0.15) is 0 Å². The van der Waals surface area contributed by atoms with Gasteiger partial charge in [-0.25, -0.2) is 4.98 Å².